The molecule has 0 spiro atoms. The first-order valence-corrected chi connectivity index (χ1v) is 7.17. The average molecular weight is 354 g/mol. The van der Waals surface area contributed by atoms with E-state index in [1.54, 1.807) is 12.1 Å². The summed E-state index contributed by atoms with van der Waals surface area (Å²) in [6.07, 6.45) is 1.24. The Balaban J connectivity index is 2.76. The largest absolute Gasteiger partial charge is 0.330 e. The van der Waals surface area contributed by atoms with Crippen molar-refractivity contribution >= 4 is 50.7 Å². The summed E-state index contributed by atoms with van der Waals surface area (Å²) in [6, 6.07) is 3.37. The van der Waals surface area contributed by atoms with Crippen LogP contribution in [-0.4, -0.2) is 12.5 Å². The van der Waals surface area contributed by atoms with Gasteiger partial charge in [0, 0.05) is 10.9 Å². The molecule has 0 bridgehead atoms. The summed E-state index contributed by atoms with van der Waals surface area (Å²) in [7, 11) is 0. The Hall–Kier alpha value is -0.290. The van der Waals surface area contributed by atoms with Gasteiger partial charge in [-0.2, -0.15) is 0 Å². The van der Waals surface area contributed by atoms with E-state index in [9.17, 15) is 4.79 Å². The highest BCUT2D eigenvalue weighted by Gasteiger charge is 2.14. The van der Waals surface area contributed by atoms with Crippen LogP contribution in [0.25, 0.3) is 0 Å². The number of hydrogen-bond donors (Lipinski definition) is 2. The molecule has 0 saturated heterocycles. The second-order valence-corrected chi connectivity index (χ2v) is 5.74. The van der Waals surface area contributed by atoms with E-state index >= 15 is 0 Å². The van der Waals surface area contributed by atoms with Crippen LogP contribution in [0.4, 0.5) is 5.69 Å². The Morgan fingerprint density at radius 1 is 1.44 bits per heavy atom. The number of amides is 1. The van der Waals surface area contributed by atoms with Crippen molar-refractivity contribution < 1.29 is 4.79 Å². The summed E-state index contributed by atoms with van der Waals surface area (Å²) in [6.45, 7) is 2.50. The highest BCUT2D eigenvalue weighted by atomic mass is 79.9. The summed E-state index contributed by atoms with van der Waals surface area (Å²) in [5.41, 5.74) is 6.01. The van der Waals surface area contributed by atoms with Crippen molar-refractivity contribution in [1.29, 1.82) is 0 Å². The number of carbonyl (C=O) groups excluding carboxylic acids is 1. The van der Waals surface area contributed by atoms with Crippen LogP contribution in [0.15, 0.2) is 16.6 Å². The van der Waals surface area contributed by atoms with E-state index in [4.69, 9.17) is 28.9 Å². The molecule has 0 aromatic heterocycles. The van der Waals surface area contributed by atoms with E-state index in [-0.39, 0.29) is 11.8 Å². The van der Waals surface area contributed by atoms with Gasteiger partial charge in [0.15, 0.2) is 0 Å². The predicted octanol–water partition coefficient (Wildman–Crippen LogP) is 4.07. The van der Waals surface area contributed by atoms with Crippen LogP contribution < -0.4 is 11.1 Å². The number of halogens is 3. The molecule has 1 aromatic rings. The van der Waals surface area contributed by atoms with E-state index < -0.39 is 0 Å². The molecule has 6 heteroatoms. The van der Waals surface area contributed by atoms with Crippen LogP contribution >= 0.6 is 39.1 Å². The van der Waals surface area contributed by atoms with Gasteiger partial charge in [-0.25, -0.2) is 0 Å². The van der Waals surface area contributed by atoms with Crippen molar-refractivity contribution in [3.63, 3.8) is 0 Å². The van der Waals surface area contributed by atoms with Crippen LogP contribution in [-0.2, 0) is 4.79 Å². The van der Waals surface area contributed by atoms with Crippen LogP contribution in [0.2, 0.25) is 10.0 Å². The van der Waals surface area contributed by atoms with Gasteiger partial charge < -0.3 is 11.1 Å². The second kappa shape index (κ2) is 7.34. The van der Waals surface area contributed by atoms with E-state index in [0.29, 0.717) is 28.7 Å². The summed E-state index contributed by atoms with van der Waals surface area (Å²) in [4.78, 5) is 11.8. The minimum absolute atomic E-state index is 0.126. The molecule has 0 fully saturated rings. The first-order valence-electron chi connectivity index (χ1n) is 5.62. The molecule has 18 heavy (non-hydrogen) atoms. The number of carbonyl (C=O) groups is 1. The highest BCUT2D eigenvalue weighted by molar-refractivity contribution is 9.10. The Bertz CT molecular complexity index is 413. The molecule has 0 aliphatic carbocycles. The number of hydrogen-bond acceptors (Lipinski definition) is 2. The fraction of sp³-hybridized carbons (Fsp3) is 0.417. The van der Waals surface area contributed by atoms with Crippen LogP contribution in [0, 0.1) is 5.92 Å². The topological polar surface area (TPSA) is 55.1 Å². The Morgan fingerprint density at radius 3 is 2.44 bits per heavy atom. The van der Waals surface area contributed by atoms with Gasteiger partial charge in [0.2, 0.25) is 5.91 Å². The maximum atomic E-state index is 11.8. The normalized spacial score (nSPS) is 12.3. The molecule has 3 nitrogen and oxygen atoms in total. The van der Waals surface area contributed by atoms with Crippen molar-refractivity contribution in [3.8, 4) is 0 Å². The molecule has 0 aliphatic heterocycles. The summed E-state index contributed by atoms with van der Waals surface area (Å²) in [5.74, 6) is 0.0522. The Morgan fingerprint density at radius 2 is 2.00 bits per heavy atom. The van der Waals surface area contributed by atoms with Gasteiger partial charge in [0.25, 0.3) is 0 Å². The van der Waals surface area contributed by atoms with E-state index in [1.807, 2.05) is 6.92 Å². The van der Waals surface area contributed by atoms with Crippen LogP contribution in [0.1, 0.15) is 19.8 Å². The van der Waals surface area contributed by atoms with E-state index in [0.717, 1.165) is 10.9 Å². The number of nitrogens with two attached hydrogens (primary N) is 1. The SMILES string of the molecule is CCC(CN)CC(=O)Nc1c(Cl)cc(Br)cc1Cl. The lowest BCUT2D eigenvalue weighted by Crippen LogP contribution is -2.22. The lowest BCUT2D eigenvalue weighted by Gasteiger charge is -2.14. The molecular weight excluding hydrogens is 339 g/mol. The fourth-order valence-corrected chi connectivity index (χ4v) is 2.81. The predicted molar refractivity (Wildman–Crippen MR) is 80.2 cm³/mol. The Kier molecular flexibility index (Phi) is 6.43. The fourth-order valence-electron chi connectivity index (χ4n) is 1.51. The van der Waals surface area contributed by atoms with Crippen molar-refractivity contribution in [2.45, 2.75) is 19.8 Å². The molecular formula is C12H15BrCl2N2O. The van der Waals surface area contributed by atoms with Gasteiger partial charge in [-0.3, -0.25) is 4.79 Å². The zero-order valence-electron chi connectivity index (χ0n) is 9.97. The lowest BCUT2D eigenvalue weighted by atomic mass is 10.0. The molecule has 0 radical (unpaired) electrons. The second-order valence-electron chi connectivity index (χ2n) is 4.01. The monoisotopic (exact) mass is 352 g/mol. The smallest absolute Gasteiger partial charge is 0.224 e. The third-order valence-electron chi connectivity index (χ3n) is 2.66. The zero-order chi connectivity index (χ0) is 13.7. The lowest BCUT2D eigenvalue weighted by molar-refractivity contribution is -0.117. The first kappa shape index (κ1) is 15.8. The number of rotatable bonds is 5. The average Bonchev–Trinajstić information content (AvgIpc) is 2.30. The van der Waals surface area contributed by atoms with Crippen molar-refractivity contribution in [2.24, 2.45) is 11.7 Å². The van der Waals surface area contributed by atoms with Crippen molar-refractivity contribution in [1.82, 2.24) is 0 Å². The standard InChI is InChI=1S/C12H15BrCl2N2O/c1-2-7(6-16)3-11(18)17-12-9(14)4-8(13)5-10(12)15/h4-5,7H,2-3,6,16H2,1H3,(H,17,18). The summed E-state index contributed by atoms with van der Waals surface area (Å²) < 4.78 is 0.767. The molecule has 1 unspecified atom stereocenters. The number of anilines is 1. The molecule has 0 aliphatic rings. The highest BCUT2D eigenvalue weighted by Crippen LogP contribution is 2.34. The molecule has 0 saturated carbocycles. The minimum atomic E-state index is -0.126. The Labute approximate surface area is 125 Å². The van der Waals surface area contributed by atoms with E-state index in [2.05, 4.69) is 21.2 Å². The van der Waals surface area contributed by atoms with Gasteiger partial charge in [-0.1, -0.05) is 52.5 Å². The van der Waals surface area contributed by atoms with Crippen molar-refractivity contribution in [3.05, 3.63) is 26.7 Å². The first-order chi connectivity index (χ1) is 8.47. The zero-order valence-corrected chi connectivity index (χ0v) is 13.1. The molecule has 1 atom stereocenters. The number of nitrogens with one attached hydrogen (secondary N) is 1. The minimum Gasteiger partial charge on any atom is -0.330 e. The molecule has 1 aromatic carbocycles. The molecule has 0 heterocycles. The van der Waals surface area contributed by atoms with Gasteiger partial charge >= 0.3 is 0 Å². The van der Waals surface area contributed by atoms with Gasteiger partial charge in [-0.05, 0) is 24.6 Å². The van der Waals surface area contributed by atoms with Crippen LogP contribution in [0.3, 0.4) is 0 Å². The quantitative estimate of drug-likeness (QED) is 0.838. The summed E-state index contributed by atoms with van der Waals surface area (Å²) >= 11 is 15.3. The third kappa shape index (κ3) is 4.43. The molecule has 1 rings (SSSR count). The summed E-state index contributed by atoms with van der Waals surface area (Å²) in [5, 5.41) is 3.54. The molecule has 1 amide bonds. The van der Waals surface area contributed by atoms with Gasteiger partial charge in [0.05, 0.1) is 15.7 Å². The molecule has 3 N–H and O–H groups in total. The third-order valence-corrected chi connectivity index (χ3v) is 3.71. The maximum absolute atomic E-state index is 11.8. The number of benzene rings is 1. The van der Waals surface area contributed by atoms with Gasteiger partial charge in [0.1, 0.15) is 0 Å². The van der Waals surface area contributed by atoms with Crippen LogP contribution in [0.5, 0.6) is 0 Å². The van der Waals surface area contributed by atoms with Crippen molar-refractivity contribution in [2.75, 3.05) is 11.9 Å². The molecule has 100 valence electrons. The van der Waals surface area contributed by atoms with E-state index in [1.165, 1.54) is 0 Å². The van der Waals surface area contributed by atoms with Gasteiger partial charge in [-0.15, -0.1) is 0 Å². The maximum Gasteiger partial charge on any atom is 0.224 e.